The zero-order valence-electron chi connectivity index (χ0n) is 10.0. The Kier molecular flexibility index (Phi) is 78.2. The Hall–Kier alpha value is 0.600. The molecule has 0 heterocycles. The van der Waals surface area contributed by atoms with Gasteiger partial charge >= 0.3 is 29.6 Å². The molecule has 0 atom stereocenters. The van der Waals surface area contributed by atoms with Gasteiger partial charge in [0.15, 0.2) is 0 Å². The summed E-state index contributed by atoms with van der Waals surface area (Å²) < 4.78 is 0. The molecule has 5 nitrogen and oxygen atoms in total. The van der Waals surface area contributed by atoms with E-state index >= 15 is 0 Å². The Labute approximate surface area is 120 Å². The number of nitrogens with two attached hydrogens (primary N) is 2. The van der Waals surface area contributed by atoms with Gasteiger partial charge in [0.05, 0.1) is 0 Å². The van der Waals surface area contributed by atoms with Gasteiger partial charge in [-0.1, -0.05) is 39.1 Å². The summed E-state index contributed by atoms with van der Waals surface area (Å²) in [6, 6.07) is 0. The third-order valence-corrected chi connectivity index (χ3v) is 0. The predicted octanol–water partition coefficient (Wildman–Crippen LogP) is -1.87. The molecule has 0 aliphatic carbocycles. The van der Waals surface area contributed by atoms with Gasteiger partial charge in [-0.2, -0.15) is 0 Å². The van der Waals surface area contributed by atoms with Gasteiger partial charge in [-0.05, 0) is 6.92 Å². The van der Waals surface area contributed by atoms with E-state index < -0.39 is 10.5 Å². The van der Waals surface area contributed by atoms with Crippen LogP contribution in [0, 0.1) is 0 Å². The Morgan fingerprint density at radius 1 is 1.21 bits per heavy atom. The van der Waals surface area contributed by atoms with E-state index in [1.165, 1.54) is 0 Å². The van der Waals surface area contributed by atoms with Crippen LogP contribution in [0.1, 0.15) is 22.2 Å². The van der Waals surface area contributed by atoms with Gasteiger partial charge in [0.2, 0.25) is 0 Å². The maximum absolute atomic E-state index is 9.09. The van der Waals surface area contributed by atoms with Crippen molar-refractivity contribution in [3.63, 3.8) is 0 Å². The molecule has 0 unspecified atom stereocenters. The number of hydrogen-bond acceptors (Lipinski definition) is 3. The van der Waals surface area contributed by atoms with Crippen molar-refractivity contribution in [3.05, 3.63) is 0 Å². The molecule has 0 spiro atoms. The van der Waals surface area contributed by atoms with Crippen LogP contribution in [0.5, 0.6) is 0 Å². The van der Waals surface area contributed by atoms with Crippen LogP contribution in [-0.2, 0) is 0 Å². The monoisotopic (exact) mass is 254 g/mol. The minimum atomic E-state index is -0.639. The zero-order chi connectivity index (χ0) is 11.9. The maximum Gasteiger partial charge on any atom is 1.00 e. The third-order valence-electron chi connectivity index (χ3n) is 0. The number of amides is 2. The normalized spacial score (nSPS) is 5.29. The van der Waals surface area contributed by atoms with E-state index in [-0.39, 0.29) is 37.6 Å². The Morgan fingerprint density at radius 3 is 1.21 bits per heavy atom. The van der Waals surface area contributed by atoms with Crippen molar-refractivity contribution in [2.24, 2.45) is 11.5 Å². The standard InChI is InChI=1S/C2H6O.C2H6.2CH3NOS.Na.H/c1-2-3;1-2;2*2-1(3)4;;/h3H,2H2,1H3;1-2H3;2*(H3,2,3,4);;/q;;;;+1;-1. The van der Waals surface area contributed by atoms with Crippen LogP contribution >= 0.6 is 25.3 Å². The summed E-state index contributed by atoms with van der Waals surface area (Å²) in [6.45, 7) is 5.93. The first-order chi connectivity index (χ1) is 5.88. The molecule has 0 fully saturated rings. The third kappa shape index (κ3) is 4710. The molecule has 0 aromatic heterocycles. The first-order valence-corrected chi connectivity index (χ1v) is 4.35. The smallest absolute Gasteiger partial charge is 1.00 e. The molecule has 84 valence electrons. The van der Waals surface area contributed by atoms with Crippen LogP contribution in [0.15, 0.2) is 0 Å². The molecule has 0 aliphatic rings. The summed E-state index contributed by atoms with van der Waals surface area (Å²) in [4.78, 5) is 18.2. The number of carbonyl (C=O) groups is 2. The molecular weight excluding hydrogens is 235 g/mol. The van der Waals surface area contributed by atoms with Gasteiger partial charge in [-0.3, -0.25) is 9.59 Å². The number of rotatable bonds is 0. The van der Waals surface area contributed by atoms with Crippen molar-refractivity contribution in [2.75, 3.05) is 6.61 Å². The quantitative estimate of drug-likeness (QED) is 0.258. The largest absolute Gasteiger partial charge is 1.00 e. The molecule has 0 saturated heterocycles. The average Bonchev–Trinajstić information content (AvgIpc) is 1.89. The summed E-state index contributed by atoms with van der Waals surface area (Å²) in [7, 11) is 0. The molecule has 0 saturated carbocycles. The van der Waals surface area contributed by atoms with Crippen molar-refractivity contribution in [1.82, 2.24) is 0 Å². The van der Waals surface area contributed by atoms with E-state index in [2.05, 4.69) is 36.7 Å². The Balaban J connectivity index is -0.0000000178. The van der Waals surface area contributed by atoms with Crippen LogP contribution in [0.25, 0.3) is 0 Å². The van der Waals surface area contributed by atoms with E-state index in [1.54, 1.807) is 6.92 Å². The van der Waals surface area contributed by atoms with Crippen LogP contribution in [0.4, 0.5) is 9.59 Å². The molecule has 2 amide bonds. The van der Waals surface area contributed by atoms with Crippen LogP contribution in [-0.4, -0.2) is 22.2 Å². The van der Waals surface area contributed by atoms with Gasteiger partial charge < -0.3 is 18.0 Å². The molecule has 0 aliphatic heterocycles. The second-order valence-corrected chi connectivity index (χ2v) is 1.87. The second kappa shape index (κ2) is 37.4. The number of aliphatic hydroxyl groups is 1. The van der Waals surface area contributed by atoms with Gasteiger partial charge in [-0.25, -0.2) is 0 Å². The number of aliphatic hydroxyl groups excluding tert-OH is 1. The van der Waals surface area contributed by atoms with Gasteiger partial charge in [-0.15, -0.1) is 0 Å². The molecule has 5 N–H and O–H groups in total. The van der Waals surface area contributed by atoms with Gasteiger partial charge in [0, 0.05) is 6.61 Å². The van der Waals surface area contributed by atoms with Crippen LogP contribution < -0.4 is 41.0 Å². The van der Waals surface area contributed by atoms with Crippen molar-refractivity contribution >= 4 is 35.7 Å². The first kappa shape index (κ1) is 29.3. The fourth-order valence-corrected chi connectivity index (χ4v) is 0. The number of hydrogen-bond donors (Lipinski definition) is 5. The summed E-state index contributed by atoms with van der Waals surface area (Å²) in [6.07, 6.45) is 0. The number of carbonyl (C=O) groups excluding carboxylic acids is 2. The van der Waals surface area contributed by atoms with Crippen molar-refractivity contribution in [1.29, 1.82) is 0 Å². The molecular formula is C6H19N2NaO3S2. The summed E-state index contributed by atoms with van der Waals surface area (Å²) in [5, 5.41) is 6.29. The number of primary amides is 2. The second-order valence-electron chi connectivity index (χ2n) is 0.993. The minimum absolute atomic E-state index is 0. The SMILES string of the molecule is CC.CCO.NC(=O)S.NC(=O)S.[H-].[Na+]. The average molecular weight is 254 g/mol. The molecule has 14 heavy (non-hydrogen) atoms. The molecule has 0 aromatic carbocycles. The van der Waals surface area contributed by atoms with E-state index in [4.69, 9.17) is 14.7 Å². The van der Waals surface area contributed by atoms with E-state index in [0.29, 0.717) is 0 Å². The molecule has 0 radical (unpaired) electrons. The Morgan fingerprint density at radius 2 is 1.21 bits per heavy atom. The Bertz CT molecular complexity index is 103. The zero-order valence-corrected chi connectivity index (χ0v) is 12.8. The van der Waals surface area contributed by atoms with E-state index in [0.717, 1.165) is 0 Å². The van der Waals surface area contributed by atoms with E-state index in [9.17, 15) is 0 Å². The summed E-state index contributed by atoms with van der Waals surface area (Å²) in [5.74, 6) is 0. The van der Waals surface area contributed by atoms with Crippen molar-refractivity contribution < 1.29 is 45.7 Å². The number of thiol groups is 2. The van der Waals surface area contributed by atoms with Crippen LogP contribution in [0.2, 0.25) is 0 Å². The van der Waals surface area contributed by atoms with Crippen molar-refractivity contribution in [2.45, 2.75) is 20.8 Å². The predicted molar refractivity (Wildman–Crippen MR) is 62.4 cm³/mol. The first-order valence-electron chi connectivity index (χ1n) is 3.46. The van der Waals surface area contributed by atoms with Crippen LogP contribution in [0.3, 0.4) is 0 Å². The topological polar surface area (TPSA) is 106 Å². The fourth-order valence-electron chi connectivity index (χ4n) is 0. The molecule has 0 aromatic rings. The maximum atomic E-state index is 9.09. The molecule has 0 rings (SSSR count). The van der Waals surface area contributed by atoms with Crippen molar-refractivity contribution in [3.8, 4) is 0 Å². The fraction of sp³-hybridized carbons (Fsp3) is 0.667. The molecule has 0 bridgehead atoms. The molecule has 8 heteroatoms. The van der Waals surface area contributed by atoms with Gasteiger partial charge in [0.25, 0.3) is 10.5 Å². The minimum Gasteiger partial charge on any atom is -1.00 e. The summed E-state index contributed by atoms with van der Waals surface area (Å²) >= 11 is 6.21. The van der Waals surface area contributed by atoms with Gasteiger partial charge in [0.1, 0.15) is 0 Å². The van der Waals surface area contributed by atoms with E-state index in [1.807, 2.05) is 13.8 Å². The summed E-state index contributed by atoms with van der Waals surface area (Å²) in [5.41, 5.74) is 8.67.